The monoisotopic (exact) mass is 479 g/mol. The Morgan fingerprint density at radius 2 is 2.03 bits per heavy atom. The molecule has 34 heavy (non-hydrogen) atoms. The lowest BCUT2D eigenvalue weighted by Gasteiger charge is -2.26. The number of hydrogen-bond acceptors (Lipinski definition) is 7. The number of nitrogens with zero attached hydrogens (tertiary/aromatic N) is 5. The number of hydrogen-bond donors (Lipinski definition) is 0. The summed E-state index contributed by atoms with van der Waals surface area (Å²) in [7, 11) is 0. The Hall–Kier alpha value is -3.84. The molecule has 1 atom stereocenters. The average Bonchev–Trinajstić information content (AvgIpc) is 3.26. The van der Waals surface area contributed by atoms with Gasteiger partial charge in [0.25, 0.3) is 0 Å². The molecule has 8 nitrogen and oxygen atoms in total. The van der Waals surface area contributed by atoms with Gasteiger partial charge in [-0.1, -0.05) is 30.0 Å². The summed E-state index contributed by atoms with van der Waals surface area (Å²) < 4.78 is 27.0. The molecule has 0 saturated carbocycles. The Morgan fingerprint density at radius 1 is 1.26 bits per heavy atom. The number of benzene rings is 2. The molecule has 0 spiro atoms. The van der Waals surface area contributed by atoms with E-state index in [9.17, 15) is 9.18 Å². The number of carbonyl (C=O) groups excluding carboxylic acids is 1. The minimum Gasteiger partial charge on any atom is -0.485 e. The second-order valence-corrected chi connectivity index (χ2v) is 8.27. The van der Waals surface area contributed by atoms with E-state index in [2.05, 4.69) is 16.8 Å². The molecule has 3 aromatic rings. The first-order valence-corrected chi connectivity index (χ1v) is 11.6. The topological polar surface area (TPSA) is 93.3 Å². The number of ether oxygens (including phenoxy) is 2. The number of para-hydroxylation sites is 2. The lowest BCUT2D eigenvalue weighted by Crippen LogP contribution is -2.33. The molecule has 0 saturated heterocycles. The molecule has 2 aromatic carbocycles. The van der Waals surface area contributed by atoms with Crippen LogP contribution in [0.1, 0.15) is 18.3 Å². The maximum Gasteiger partial charge on any atom is 0.237 e. The van der Waals surface area contributed by atoms with Gasteiger partial charge in [-0.3, -0.25) is 9.36 Å². The number of fused-ring (bicyclic) bond motifs is 1. The summed E-state index contributed by atoms with van der Waals surface area (Å²) in [5.41, 5.74) is 0.530. The third-order valence-electron chi connectivity index (χ3n) is 5.07. The predicted molar refractivity (Wildman–Crippen MR) is 125 cm³/mol. The number of aromatic nitrogens is 3. The van der Waals surface area contributed by atoms with Crippen molar-refractivity contribution in [3.8, 4) is 17.6 Å². The molecule has 174 valence electrons. The van der Waals surface area contributed by atoms with Crippen molar-refractivity contribution in [3.05, 3.63) is 72.8 Å². The number of anilines is 1. The van der Waals surface area contributed by atoms with Crippen molar-refractivity contribution in [2.45, 2.75) is 24.2 Å². The molecule has 0 aliphatic carbocycles. The third kappa shape index (κ3) is 5.21. The van der Waals surface area contributed by atoms with E-state index in [4.69, 9.17) is 14.7 Å². The van der Waals surface area contributed by atoms with Crippen molar-refractivity contribution in [2.24, 2.45) is 0 Å². The van der Waals surface area contributed by atoms with Crippen LogP contribution in [-0.2, 0) is 11.3 Å². The highest BCUT2D eigenvalue weighted by molar-refractivity contribution is 7.99. The van der Waals surface area contributed by atoms with Gasteiger partial charge in [0, 0.05) is 18.8 Å². The largest absolute Gasteiger partial charge is 0.485 e. The molecule has 1 aliphatic rings. The summed E-state index contributed by atoms with van der Waals surface area (Å²) in [6.45, 7) is 4.72. The Kier molecular flexibility index (Phi) is 7.44. The molecule has 1 aromatic heterocycles. The van der Waals surface area contributed by atoms with E-state index in [0.29, 0.717) is 34.7 Å². The predicted octanol–water partition coefficient (Wildman–Crippen LogP) is 4.15. The summed E-state index contributed by atoms with van der Waals surface area (Å²) in [5.74, 6) is 1.31. The zero-order valence-corrected chi connectivity index (χ0v) is 19.1. The van der Waals surface area contributed by atoms with Gasteiger partial charge < -0.3 is 14.4 Å². The van der Waals surface area contributed by atoms with E-state index >= 15 is 0 Å². The first-order valence-electron chi connectivity index (χ1n) is 10.6. The van der Waals surface area contributed by atoms with Crippen molar-refractivity contribution in [1.29, 1.82) is 5.26 Å². The molecule has 2 heterocycles. The Bertz CT molecular complexity index is 1210. The lowest BCUT2D eigenvalue weighted by atomic mass is 10.2. The average molecular weight is 480 g/mol. The molecule has 10 heteroatoms. The summed E-state index contributed by atoms with van der Waals surface area (Å²) in [6, 6.07) is 15.1. The quantitative estimate of drug-likeness (QED) is 0.336. The van der Waals surface area contributed by atoms with Crippen LogP contribution in [0.25, 0.3) is 0 Å². The Morgan fingerprint density at radius 3 is 2.76 bits per heavy atom. The molecule has 1 aliphatic heterocycles. The highest BCUT2D eigenvalue weighted by Crippen LogP contribution is 2.36. The van der Waals surface area contributed by atoms with Crippen LogP contribution >= 0.6 is 11.8 Å². The summed E-state index contributed by atoms with van der Waals surface area (Å²) in [5, 5.41) is 18.1. The number of carbonyl (C=O) groups is 1. The van der Waals surface area contributed by atoms with E-state index in [0.717, 1.165) is 0 Å². The molecule has 1 unspecified atom stereocenters. The second-order valence-electron chi connectivity index (χ2n) is 7.32. The fourth-order valence-electron chi connectivity index (χ4n) is 3.48. The third-order valence-corrected chi connectivity index (χ3v) is 6.02. The van der Waals surface area contributed by atoms with Crippen LogP contribution < -0.4 is 14.4 Å². The van der Waals surface area contributed by atoms with Crippen LogP contribution in [0.15, 0.2) is 66.3 Å². The van der Waals surface area contributed by atoms with Crippen LogP contribution in [0.4, 0.5) is 10.1 Å². The molecule has 0 fully saturated rings. The SMILES string of the molecule is C=CCn1c(SCC(=O)N(CCC#N)c2ccc(F)cc2)nnc1C1COc2ccccc2O1. The van der Waals surface area contributed by atoms with E-state index < -0.39 is 11.9 Å². The van der Waals surface area contributed by atoms with Crippen molar-refractivity contribution in [3.63, 3.8) is 0 Å². The van der Waals surface area contributed by atoms with E-state index in [1.165, 1.54) is 40.9 Å². The number of rotatable bonds is 9. The Balaban J connectivity index is 1.49. The van der Waals surface area contributed by atoms with Crippen LogP contribution in [0, 0.1) is 17.1 Å². The van der Waals surface area contributed by atoms with E-state index in [-0.39, 0.29) is 31.2 Å². The van der Waals surface area contributed by atoms with Crippen LogP contribution in [0.5, 0.6) is 11.5 Å². The number of amides is 1. The fraction of sp³-hybridized carbons (Fsp3) is 0.250. The number of thioether (sulfide) groups is 1. The maximum absolute atomic E-state index is 13.3. The smallest absolute Gasteiger partial charge is 0.237 e. The standard InChI is InChI=1S/C24H22FN5O3S/c1-2-13-30-23(21-15-32-19-6-3-4-7-20(19)33-21)27-28-24(30)34-16-22(31)29(14-5-12-26)18-10-8-17(25)9-11-18/h2-4,6-11,21H,1,5,13-16H2. The molecule has 0 radical (unpaired) electrons. The molecule has 1 amide bonds. The highest BCUT2D eigenvalue weighted by Gasteiger charge is 2.28. The number of nitriles is 1. The fourth-order valence-corrected chi connectivity index (χ4v) is 4.31. The Labute approximate surface area is 200 Å². The van der Waals surface area contributed by atoms with Gasteiger partial charge in [-0.05, 0) is 36.4 Å². The zero-order valence-electron chi connectivity index (χ0n) is 18.3. The minimum atomic E-state index is -0.459. The van der Waals surface area contributed by atoms with Gasteiger partial charge in [-0.25, -0.2) is 4.39 Å². The van der Waals surface area contributed by atoms with Crippen molar-refractivity contribution < 1.29 is 18.7 Å². The van der Waals surface area contributed by atoms with Gasteiger partial charge >= 0.3 is 0 Å². The number of allylic oxidation sites excluding steroid dienone is 1. The summed E-state index contributed by atoms with van der Waals surface area (Å²) in [6.07, 6.45) is 1.41. The maximum atomic E-state index is 13.3. The van der Waals surface area contributed by atoms with Gasteiger partial charge in [0.2, 0.25) is 5.91 Å². The van der Waals surface area contributed by atoms with Crippen LogP contribution in [-0.4, -0.2) is 39.6 Å². The number of halogens is 1. The molecule has 4 rings (SSSR count). The van der Waals surface area contributed by atoms with Crippen molar-refractivity contribution in [2.75, 3.05) is 23.8 Å². The lowest BCUT2D eigenvalue weighted by molar-refractivity contribution is -0.116. The van der Waals surface area contributed by atoms with Gasteiger partial charge in [-0.2, -0.15) is 5.26 Å². The van der Waals surface area contributed by atoms with Crippen LogP contribution in [0.3, 0.4) is 0 Å². The van der Waals surface area contributed by atoms with Gasteiger partial charge in [0.05, 0.1) is 18.2 Å². The summed E-state index contributed by atoms with van der Waals surface area (Å²) >= 11 is 1.22. The normalized spacial score (nSPS) is 14.3. The first-order chi connectivity index (χ1) is 16.6. The molecule has 0 N–H and O–H groups in total. The van der Waals surface area contributed by atoms with E-state index in [1.54, 1.807) is 6.08 Å². The van der Waals surface area contributed by atoms with Crippen molar-refractivity contribution >= 4 is 23.4 Å². The molecular weight excluding hydrogens is 457 g/mol. The van der Waals surface area contributed by atoms with Gasteiger partial charge in [0.1, 0.15) is 12.4 Å². The zero-order chi connectivity index (χ0) is 23.9. The van der Waals surface area contributed by atoms with E-state index in [1.807, 2.05) is 34.9 Å². The highest BCUT2D eigenvalue weighted by atomic mass is 32.2. The first kappa shape index (κ1) is 23.3. The van der Waals surface area contributed by atoms with Gasteiger partial charge in [-0.15, -0.1) is 16.8 Å². The van der Waals surface area contributed by atoms with Gasteiger partial charge in [0.15, 0.2) is 28.6 Å². The van der Waals surface area contributed by atoms with Crippen LogP contribution in [0.2, 0.25) is 0 Å². The molecule has 0 bridgehead atoms. The summed E-state index contributed by atoms with van der Waals surface area (Å²) in [4.78, 5) is 14.5. The second kappa shape index (κ2) is 10.9. The minimum absolute atomic E-state index is 0.0585. The molecular formula is C24H22FN5O3S. The van der Waals surface area contributed by atoms with Crippen molar-refractivity contribution in [1.82, 2.24) is 14.8 Å².